The van der Waals surface area contributed by atoms with Crippen molar-refractivity contribution in [2.45, 2.75) is 12.5 Å². The highest BCUT2D eigenvalue weighted by Crippen LogP contribution is 2.19. The summed E-state index contributed by atoms with van der Waals surface area (Å²) in [6, 6.07) is 15.4. The number of para-hydroxylation sites is 1. The molecule has 1 aromatic heterocycles. The summed E-state index contributed by atoms with van der Waals surface area (Å²) >= 11 is 0. The summed E-state index contributed by atoms with van der Waals surface area (Å²) in [7, 11) is 1.28. The number of esters is 1. The van der Waals surface area contributed by atoms with Gasteiger partial charge in [0, 0.05) is 23.5 Å². The van der Waals surface area contributed by atoms with E-state index in [0.29, 0.717) is 11.3 Å². The molecule has 0 aliphatic rings. The first kappa shape index (κ1) is 19.0. The zero-order chi connectivity index (χ0) is 19.9. The molecule has 2 aromatic carbocycles. The first-order chi connectivity index (χ1) is 13.6. The van der Waals surface area contributed by atoms with Gasteiger partial charge >= 0.3 is 5.97 Å². The molecule has 0 fully saturated rings. The second-order valence-electron chi connectivity index (χ2n) is 6.14. The average molecular weight is 377 g/mol. The number of H-pyrrole nitrogens is 1. The van der Waals surface area contributed by atoms with Crippen molar-refractivity contribution in [1.82, 2.24) is 10.3 Å². The van der Waals surface area contributed by atoms with E-state index >= 15 is 0 Å². The number of benzene rings is 2. The molecule has 0 aliphatic heterocycles. The van der Waals surface area contributed by atoms with E-state index in [-0.39, 0.29) is 13.0 Å². The van der Waals surface area contributed by atoms with Crippen LogP contribution in [0.15, 0.2) is 54.7 Å². The lowest BCUT2D eigenvalue weighted by Gasteiger charge is -2.16. The molecule has 2 N–H and O–H groups in total. The number of carbonyl (C=O) groups is 2. The van der Waals surface area contributed by atoms with Crippen molar-refractivity contribution in [3.8, 4) is 11.8 Å². The molecule has 0 unspecified atom stereocenters. The maximum atomic E-state index is 12.3. The predicted octanol–water partition coefficient (Wildman–Crippen LogP) is 2.32. The number of methoxy groups -OCH3 is 1. The van der Waals surface area contributed by atoms with Gasteiger partial charge in [-0.2, -0.15) is 5.26 Å². The van der Waals surface area contributed by atoms with E-state index in [1.165, 1.54) is 13.2 Å². The van der Waals surface area contributed by atoms with Gasteiger partial charge in [-0.15, -0.1) is 0 Å². The summed E-state index contributed by atoms with van der Waals surface area (Å²) in [5, 5.41) is 12.5. The van der Waals surface area contributed by atoms with Gasteiger partial charge < -0.3 is 19.8 Å². The zero-order valence-corrected chi connectivity index (χ0v) is 15.3. The number of aromatic nitrogens is 1. The number of carbonyl (C=O) groups excluding carboxylic acids is 2. The van der Waals surface area contributed by atoms with E-state index in [1.807, 2.05) is 36.5 Å². The van der Waals surface area contributed by atoms with Crippen molar-refractivity contribution in [1.29, 1.82) is 5.26 Å². The van der Waals surface area contributed by atoms with Gasteiger partial charge in [-0.1, -0.05) is 24.3 Å². The largest absolute Gasteiger partial charge is 0.484 e. The Morgan fingerprint density at radius 2 is 2.04 bits per heavy atom. The lowest BCUT2D eigenvalue weighted by molar-refractivity contribution is -0.145. The molecule has 7 heteroatoms. The second kappa shape index (κ2) is 8.73. The van der Waals surface area contributed by atoms with Crippen molar-refractivity contribution < 1.29 is 19.1 Å². The number of nitriles is 1. The maximum Gasteiger partial charge on any atom is 0.328 e. The Kier molecular flexibility index (Phi) is 5.92. The third kappa shape index (κ3) is 4.48. The van der Waals surface area contributed by atoms with Crippen LogP contribution in [-0.2, 0) is 20.7 Å². The highest BCUT2D eigenvalue weighted by Gasteiger charge is 2.23. The molecule has 0 radical (unpaired) electrons. The second-order valence-corrected chi connectivity index (χ2v) is 6.14. The Balaban J connectivity index is 1.66. The fourth-order valence-corrected chi connectivity index (χ4v) is 2.90. The van der Waals surface area contributed by atoms with E-state index in [2.05, 4.69) is 10.3 Å². The Bertz CT molecular complexity index is 1040. The highest BCUT2D eigenvalue weighted by molar-refractivity contribution is 5.87. The molecule has 1 amide bonds. The lowest BCUT2D eigenvalue weighted by Crippen LogP contribution is -2.44. The molecule has 3 rings (SSSR count). The Labute approximate surface area is 161 Å². The number of ether oxygens (including phenoxy) is 2. The molecule has 0 bridgehead atoms. The van der Waals surface area contributed by atoms with E-state index < -0.39 is 17.9 Å². The SMILES string of the molecule is COC(=O)[C@H](Cc1c[nH]c2ccccc12)NC(=O)COc1cccc(C#N)c1. The van der Waals surface area contributed by atoms with Crippen molar-refractivity contribution in [3.05, 3.63) is 65.9 Å². The summed E-state index contributed by atoms with van der Waals surface area (Å²) in [5.41, 5.74) is 2.28. The highest BCUT2D eigenvalue weighted by atomic mass is 16.5. The monoisotopic (exact) mass is 377 g/mol. The molecule has 0 saturated carbocycles. The van der Waals surface area contributed by atoms with Crippen LogP contribution in [0.1, 0.15) is 11.1 Å². The van der Waals surface area contributed by atoms with Crippen molar-refractivity contribution in [2.24, 2.45) is 0 Å². The minimum Gasteiger partial charge on any atom is -0.484 e. The van der Waals surface area contributed by atoms with Gasteiger partial charge in [-0.3, -0.25) is 4.79 Å². The van der Waals surface area contributed by atoms with Gasteiger partial charge in [0.1, 0.15) is 11.8 Å². The van der Waals surface area contributed by atoms with Crippen LogP contribution >= 0.6 is 0 Å². The number of hydrogen-bond donors (Lipinski definition) is 2. The normalized spacial score (nSPS) is 11.4. The van der Waals surface area contributed by atoms with E-state index in [0.717, 1.165) is 16.5 Å². The van der Waals surface area contributed by atoms with Crippen LogP contribution in [0.4, 0.5) is 0 Å². The minimum atomic E-state index is -0.842. The Hall–Kier alpha value is -3.79. The van der Waals surface area contributed by atoms with Gasteiger partial charge in [0.05, 0.1) is 18.7 Å². The fraction of sp³-hybridized carbons (Fsp3) is 0.190. The first-order valence-electron chi connectivity index (χ1n) is 8.66. The average Bonchev–Trinajstić information content (AvgIpc) is 3.14. The number of nitrogens with zero attached hydrogens (tertiary/aromatic N) is 1. The van der Waals surface area contributed by atoms with Gasteiger partial charge in [0.15, 0.2) is 6.61 Å². The van der Waals surface area contributed by atoms with Gasteiger partial charge in [-0.25, -0.2) is 4.79 Å². The number of nitrogens with one attached hydrogen (secondary N) is 2. The lowest BCUT2D eigenvalue weighted by atomic mass is 10.0. The molecular weight excluding hydrogens is 358 g/mol. The quantitative estimate of drug-likeness (QED) is 0.615. The number of fused-ring (bicyclic) bond motifs is 1. The Morgan fingerprint density at radius 1 is 1.21 bits per heavy atom. The summed E-state index contributed by atoms with van der Waals surface area (Å²) in [6.07, 6.45) is 2.10. The first-order valence-corrected chi connectivity index (χ1v) is 8.66. The van der Waals surface area contributed by atoms with Crippen LogP contribution in [0.2, 0.25) is 0 Å². The molecule has 0 aliphatic carbocycles. The topological polar surface area (TPSA) is 104 Å². The molecule has 0 spiro atoms. The number of aromatic amines is 1. The van der Waals surface area contributed by atoms with Crippen molar-refractivity contribution in [3.63, 3.8) is 0 Å². The molecule has 3 aromatic rings. The molecule has 7 nitrogen and oxygen atoms in total. The third-order valence-electron chi connectivity index (χ3n) is 4.25. The fourth-order valence-electron chi connectivity index (χ4n) is 2.90. The van der Waals surface area contributed by atoms with Crippen molar-refractivity contribution in [2.75, 3.05) is 13.7 Å². The van der Waals surface area contributed by atoms with Crippen LogP contribution in [0, 0.1) is 11.3 Å². The van der Waals surface area contributed by atoms with E-state index in [9.17, 15) is 9.59 Å². The number of amides is 1. The smallest absolute Gasteiger partial charge is 0.328 e. The van der Waals surface area contributed by atoms with Crippen LogP contribution < -0.4 is 10.1 Å². The molecule has 1 heterocycles. The molecule has 0 saturated heterocycles. The Morgan fingerprint density at radius 3 is 2.82 bits per heavy atom. The van der Waals surface area contributed by atoms with Crippen molar-refractivity contribution >= 4 is 22.8 Å². The minimum absolute atomic E-state index is 0.281. The van der Waals surface area contributed by atoms with E-state index in [1.54, 1.807) is 18.2 Å². The van der Waals surface area contributed by atoms with Gasteiger partial charge in [-0.05, 0) is 29.8 Å². The number of rotatable bonds is 7. The maximum absolute atomic E-state index is 12.3. The van der Waals surface area contributed by atoms with Crippen LogP contribution in [0.3, 0.4) is 0 Å². The van der Waals surface area contributed by atoms with Crippen LogP contribution in [0.25, 0.3) is 10.9 Å². The third-order valence-corrected chi connectivity index (χ3v) is 4.25. The van der Waals surface area contributed by atoms with Crippen LogP contribution in [0.5, 0.6) is 5.75 Å². The summed E-state index contributed by atoms with van der Waals surface area (Å²) in [6.45, 7) is -0.281. The van der Waals surface area contributed by atoms with Gasteiger partial charge in [0.25, 0.3) is 5.91 Å². The number of hydrogen-bond acceptors (Lipinski definition) is 5. The molecular formula is C21H19N3O4. The summed E-state index contributed by atoms with van der Waals surface area (Å²) < 4.78 is 10.2. The predicted molar refractivity (Wildman–Crippen MR) is 103 cm³/mol. The van der Waals surface area contributed by atoms with Gasteiger partial charge in [0.2, 0.25) is 0 Å². The van der Waals surface area contributed by atoms with Crippen LogP contribution in [-0.4, -0.2) is 36.6 Å². The summed E-state index contributed by atoms with van der Waals surface area (Å²) in [5.74, 6) is -0.594. The standard InChI is InChI=1S/C21H19N3O4/c1-27-21(26)19(10-15-12-23-18-8-3-2-7-17(15)18)24-20(25)13-28-16-6-4-5-14(9-16)11-22/h2-9,12,19,23H,10,13H2,1H3,(H,24,25)/t19-/m0/s1. The molecule has 28 heavy (non-hydrogen) atoms. The molecule has 142 valence electrons. The molecule has 1 atom stereocenters. The zero-order valence-electron chi connectivity index (χ0n) is 15.3. The van der Waals surface area contributed by atoms with E-state index in [4.69, 9.17) is 14.7 Å². The summed E-state index contributed by atoms with van der Waals surface area (Å²) in [4.78, 5) is 27.6.